The van der Waals surface area contributed by atoms with Crippen molar-refractivity contribution in [2.24, 2.45) is 0 Å². The van der Waals surface area contributed by atoms with Crippen molar-refractivity contribution in [2.75, 3.05) is 7.05 Å². The van der Waals surface area contributed by atoms with Crippen LogP contribution >= 0.6 is 0 Å². The Labute approximate surface area is 174 Å². The Kier molecular flexibility index (Phi) is 6.73. The van der Waals surface area contributed by atoms with Crippen molar-refractivity contribution in [1.29, 1.82) is 0 Å². The summed E-state index contributed by atoms with van der Waals surface area (Å²) in [4.78, 5) is 26.5. The number of nitrogens with zero attached hydrogens (tertiary/aromatic N) is 1. The summed E-state index contributed by atoms with van der Waals surface area (Å²) in [6.45, 7) is 4.82. The molecule has 4 nitrogen and oxygen atoms in total. The number of carbonyl (C=O) groups is 2. The second kappa shape index (κ2) is 9.25. The van der Waals surface area contributed by atoms with Gasteiger partial charge in [0.05, 0.1) is 0 Å². The summed E-state index contributed by atoms with van der Waals surface area (Å²) in [5.41, 5.74) is 4.56. The van der Waals surface area contributed by atoms with Crippen LogP contribution < -0.4 is 5.32 Å². The molecule has 2 amide bonds. The molecule has 1 aliphatic heterocycles. The minimum absolute atomic E-state index is 0.0916. The van der Waals surface area contributed by atoms with Crippen LogP contribution in [0.2, 0.25) is 0 Å². The van der Waals surface area contributed by atoms with Crippen LogP contribution in [0.1, 0.15) is 54.9 Å². The molecule has 1 aliphatic rings. The third-order valence-corrected chi connectivity index (χ3v) is 5.99. The van der Waals surface area contributed by atoms with Crippen molar-refractivity contribution < 1.29 is 9.59 Å². The van der Waals surface area contributed by atoms with Crippen LogP contribution in [-0.4, -0.2) is 29.3 Å². The lowest BCUT2D eigenvalue weighted by Gasteiger charge is -2.30. The summed E-state index contributed by atoms with van der Waals surface area (Å²) in [5, 5.41) is 3.18. The van der Waals surface area contributed by atoms with Crippen LogP contribution in [0, 0.1) is 6.92 Å². The second-order valence-corrected chi connectivity index (χ2v) is 8.41. The summed E-state index contributed by atoms with van der Waals surface area (Å²) in [6, 6.07) is 16.9. The van der Waals surface area contributed by atoms with E-state index >= 15 is 0 Å². The summed E-state index contributed by atoms with van der Waals surface area (Å²) >= 11 is 0. The first kappa shape index (κ1) is 21.1. The van der Waals surface area contributed by atoms with Crippen molar-refractivity contribution in [3.8, 4) is 0 Å². The van der Waals surface area contributed by atoms with E-state index in [1.807, 2.05) is 7.05 Å². The fourth-order valence-corrected chi connectivity index (χ4v) is 4.06. The van der Waals surface area contributed by atoms with Gasteiger partial charge in [0.1, 0.15) is 0 Å². The van der Waals surface area contributed by atoms with Gasteiger partial charge in [0.25, 0.3) is 0 Å². The van der Waals surface area contributed by atoms with Gasteiger partial charge >= 0.3 is 0 Å². The van der Waals surface area contributed by atoms with Gasteiger partial charge in [-0.2, -0.15) is 0 Å². The van der Waals surface area contributed by atoms with E-state index in [2.05, 4.69) is 67.7 Å². The molecule has 0 aliphatic carbocycles. The molecule has 0 spiro atoms. The molecule has 1 atom stereocenters. The van der Waals surface area contributed by atoms with Gasteiger partial charge in [0, 0.05) is 32.0 Å². The highest BCUT2D eigenvalue weighted by Gasteiger charge is 2.38. The molecule has 1 unspecified atom stereocenters. The molecule has 0 bridgehead atoms. The van der Waals surface area contributed by atoms with Gasteiger partial charge in [0.2, 0.25) is 11.8 Å². The van der Waals surface area contributed by atoms with Crippen molar-refractivity contribution in [3.63, 3.8) is 0 Å². The van der Waals surface area contributed by atoms with E-state index in [-0.39, 0.29) is 17.4 Å². The van der Waals surface area contributed by atoms with E-state index in [0.717, 1.165) is 24.8 Å². The van der Waals surface area contributed by atoms with Crippen LogP contribution in [0.25, 0.3) is 0 Å². The zero-order valence-electron chi connectivity index (χ0n) is 17.8. The lowest BCUT2D eigenvalue weighted by Crippen LogP contribution is -2.44. The largest absolute Gasteiger partial charge is 0.350 e. The third-order valence-electron chi connectivity index (χ3n) is 5.99. The molecule has 1 heterocycles. The zero-order valence-corrected chi connectivity index (χ0v) is 17.8. The van der Waals surface area contributed by atoms with Crippen LogP contribution in [-0.2, 0) is 29.0 Å². The maximum Gasteiger partial charge on any atom is 0.222 e. The first-order valence-electron chi connectivity index (χ1n) is 10.6. The monoisotopic (exact) mass is 392 g/mol. The maximum absolute atomic E-state index is 12.8. The predicted octanol–water partition coefficient (Wildman–Crippen LogP) is 4.19. The highest BCUT2D eigenvalue weighted by Crippen LogP contribution is 2.30. The average Bonchev–Trinajstić information content (AvgIpc) is 3.09. The number of hydrogen-bond donors (Lipinski definition) is 1. The van der Waals surface area contributed by atoms with Gasteiger partial charge in [-0.25, -0.2) is 0 Å². The molecular formula is C25H32N2O2. The zero-order chi connectivity index (χ0) is 20.9. The SMILES string of the molecule is CCc1ccc(CN(C)C(=O)CCC2(Cc3ccc(C)cc3)CCC(=O)N2)cc1. The summed E-state index contributed by atoms with van der Waals surface area (Å²) in [6.07, 6.45) is 4.23. The number of rotatable bonds is 8. The van der Waals surface area contributed by atoms with Crippen LogP contribution in [0.5, 0.6) is 0 Å². The highest BCUT2D eigenvalue weighted by atomic mass is 16.2. The Hall–Kier alpha value is -2.62. The molecule has 154 valence electrons. The van der Waals surface area contributed by atoms with Crippen molar-refractivity contribution >= 4 is 11.8 Å². The lowest BCUT2D eigenvalue weighted by molar-refractivity contribution is -0.131. The Morgan fingerprint density at radius 3 is 2.24 bits per heavy atom. The summed E-state index contributed by atoms with van der Waals surface area (Å²) in [5.74, 6) is 0.211. The molecule has 29 heavy (non-hydrogen) atoms. The molecular weight excluding hydrogens is 360 g/mol. The van der Waals surface area contributed by atoms with Crippen LogP contribution in [0.4, 0.5) is 0 Å². The molecule has 0 radical (unpaired) electrons. The molecule has 2 aromatic carbocycles. The molecule has 3 rings (SSSR count). The normalized spacial score (nSPS) is 18.5. The minimum Gasteiger partial charge on any atom is -0.350 e. The Morgan fingerprint density at radius 1 is 1.03 bits per heavy atom. The van der Waals surface area contributed by atoms with Gasteiger partial charge < -0.3 is 10.2 Å². The summed E-state index contributed by atoms with van der Waals surface area (Å²) in [7, 11) is 1.86. The standard InChI is InChI=1S/C25H32N2O2/c1-4-20-9-11-22(12-10-20)18-27(3)24(29)14-16-25(15-13-23(28)26-25)17-21-7-5-19(2)6-8-21/h5-12H,4,13-18H2,1-3H3,(H,26,28). The van der Waals surface area contributed by atoms with Gasteiger partial charge in [-0.3, -0.25) is 9.59 Å². The molecule has 1 saturated heterocycles. The predicted molar refractivity (Wildman–Crippen MR) is 117 cm³/mol. The van der Waals surface area contributed by atoms with E-state index < -0.39 is 0 Å². The number of benzene rings is 2. The van der Waals surface area contributed by atoms with Gasteiger partial charge in [0.15, 0.2) is 0 Å². The molecule has 4 heteroatoms. The number of aryl methyl sites for hydroxylation is 2. The molecule has 1 N–H and O–H groups in total. The van der Waals surface area contributed by atoms with E-state index in [1.165, 1.54) is 16.7 Å². The first-order chi connectivity index (χ1) is 13.9. The van der Waals surface area contributed by atoms with Crippen LogP contribution in [0.15, 0.2) is 48.5 Å². The maximum atomic E-state index is 12.8. The highest BCUT2D eigenvalue weighted by molar-refractivity contribution is 5.80. The van der Waals surface area contributed by atoms with E-state index in [4.69, 9.17) is 0 Å². The molecule has 1 fully saturated rings. The van der Waals surface area contributed by atoms with Gasteiger partial charge in [-0.1, -0.05) is 61.0 Å². The van der Waals surface area contributed by atoms with E-state index in [1.54, 1.807) is 4.90 Å². The van der Waals surface area contributed by atoms with E-state index in [0.29, 0.717) is 25.8 Å². The third kappa shape index (κ3) is 5.69. The fraction of sp³-hybridized carbons (Fsp3) is 0.440. The first-order valence-corrected chi connectivity index (χ1v) is 10.6. The van der Waals surface area contributed by atoms with Crippen LogP contribution in [0.3, 0.4) is 0 Å². The smallest absolute Gasteiger partial charge is 0.222 e. The minimum atomic E-state index is -0.314. The Morgan fingerprint density at radius 2 is 1.66 bits per heavy atom. The van der Waals surface area contributed by atoms with E-state index in [9.17, 15) is 9.59 Å². The summed E-state index contributed by atoms with van der Waals surface area (Å²) < 4.78 is 0. The van der Waals surface area contributed by atoms with Gasteiger partial charge in [-0.15, -0.1) is 0 Å². The van der Waals surface area contributed by atoms with Crippen molar-refractivity contribution in [2.45, 2.75) is 64.5 Å². The quantitative estimate of drug-likeness (QED) is 0.732. The molecule has 0 saturated carbocycles. The van der Waals surface area contributed by atoms with Gasteiger partial charge in [-0.05, 0) is 49.3 Å². The fourth-order valence-electron chi connectivity index (χ4n) is 4.06. The molecule has 0 aromatic heterocycles. The Bertz CT molecular complexity index is 842. The topological polar surface area (TPSA) is 49.4 Å². The Balaban J connectivity index is 1.60. The average molecular weight is 393 g/mol. The number of amides is 2. The number of nitrogens with one attached hydrogen (secondary N) is 1. The second-order valence-electron chi connectivity index (χ2n) is 8.41. The van der Waals surface area contributed by atoms with Crippen molar-refractivity contribution in [3.05, 3.63) is 70.8 Å². The number of carbonyl (C=O) groups excluding carboxylic acids is 2. The number of hydrogen-bond acceptors (Lipinski definition) is 2. The van der Waals surface area contributed by atoms with Crippen molar-refractivity contribution in [1.82, 2.24) is 10.2 Å². The lowest BCUT2D eigenvalue weighted by atomic mass is 9.84. The molecule has 2 aromatic rings.